The highest BCUT2D eigenvalue weighted by Gasteiger charge is 2.43. The molecule has 1 fully saturated rings. The number of hydrogen-bond donors (Lipinski definition) is 1. The molecule has 0 atom stereocenters. The first-order valence-electron chi connectivity index (χ1n) is 5.87. The third-order valence-electron chi connectivity index (χ3n) is 3.76. The van der Waals surface area contributed by atoms with Gasteiger partial charge in [-0.05, 0) is 31.2 Å². The van der Waals surface area contributed by atoms with Gasteiger partial charge in [-0.1, -0.05) is 30.3 Å². The van der Waals surface area contributed by atoms with Crippen LogP contribution in [0.5, 0.6) is 0 Å². The fraction of sp³-hybridized carbons (Fsp3) is 0.429. The standard InChI is InChI=1S/C14H15NO2/c15-10-11-6-8-14(9-7-11,13(16)17)12-4-2-1-3-5-12/h1-5,11H,6-9H2,(H,16,17). The van der Waals surface area contributed by atoms with Gasteiger partial charge in [-0.3, -0.25) is 4.79 Å². The SMILES string of the molecule is N#CC1CCC(C(=O)O)(c2ccccc2)CC1. The predicted octanol–water partition coefficient (Wildman–Crippen LogP) is 2.72. The molecular weight excluding hydrogens is 214 g/mol. The molecule has 0 heterocycles. The molecule has 0 radical (unpaired) electrons. The van der Waals surface area contributed by atoms with Crippen molar-refractivity contribution < 1.29 is 9.90 Å². The molecule has 2 rings (SSSR count). The van der Waals surface area contributed by atoms with E-state index < -0.39 is 11.4 Å². The van der Waals surface area contributed by atoms with Crippen LogP contribution in [-0.2, 0) is 10.2 Å². The number of aliphatic carboxylic acids is 1. The Kier molecular flexibility index (Phi) is 3.14. The van der Waals surface area contributed by atoms with Crippen molar-refractivity contribution in [2.75, 3.05) is 0 Å². The molecule has 1 aromatic carbocycles. The number of benzene rings is 1. The molecule has 0 aliphatic heterocycles. The first kappa shape index (κ1) is 11.7. The molecule has 0 bridgehead atoms. The average Bonchev–Trinajstić information content (AvgIpc) is 2.39. The van der Waals surface area contributed by atoms with Crippen LogP contribution in [0.2, 0.25) is 0 Å². The molecule has 88 valence electrons. The van der Waals surface area contributed by atoms with Crippen LogP contribution in [0.3, 0.4) is 0 Å². The van der Waals surface area contributed by atoms with Gasteiger partial charge >= 0.3 is 5.97 Å². The van der Waals surface area contributed by atoms with Crippen molar-refractivity contribution >= 4 is 5.97 Å². The van der Waals surface area contributed by atoms with E-state index in [-0.39, 0.29) is 5.92 Å². The Balaban J connectivity index is 2.31. The summed E-state index contributed by atoms with van der Waals surface area (Å²) in [5.41, 5.74) is 0.0816. The fourth-order valence-electron chi connectivity index (χ4n) is 2.62. The van der Waals surface area contributed by atoms with E-state index in [1.54, 1.807) is 0 Å². The van der Waals surface area contributed by atoms with E-state index in [0.29, 0.717) is 25.7 Å². The Hall–Kier alpha value is -1.82. The maximum Gasteiger partial charge on any atom is 0.314 e. The minimum absolute atomic E-state index is 0.0196. The second kappa shape index (κ2) is 4.58. The lowest BCUT2D eigenvalue weighted by Gasteiger charge is -2.35. The van der Waals surface area contributed by atoms with Gasteiger partial charge in [-0.25, -0.2) is 0 Å². The van der Waals surface area contributed by atoms with Crippen LogP contribution in [0.1, 0.15) is 31.2 Å². The van der Waals surface area contributed by atoms with E-state index in [4.69, 9.17) is 5.26 Å². The lowest BCUT2D eigenvalue weighted by atomic mass is 9.67. The molecule has 0 amide bonds. The predicted molar refractivity (Wildman–Crippen MR) is 63.3 cm³/mol. The molecule has 1 N–H and O–H groups in total. The largest absolute Gasteiger partial charge is 0.481 e. The van der Waals surface area contributed by atoms with Gasteiger partial charge in [0.15, 0.2) is 0 Å². The maximum absolute atomic E-state index is 11.6. The van der Waals surface area contributed by atoms with E-state index in [0.717, 1.165) is 5.56 Å². The molecular formula is C14H15NO2. The van der Waals surface area contributed by atoms with Gasteiger partial charge < -0.3 is 5.11 Å². The van der Waals surface area contributed by atoms with Crippen molar-refractivity contribution in [1.82, 2.24) is 0 Å². The number of rotatable bonds is 2. The van der Waals surface area contributed by atoms with Gasteiger partial charge in [0.2, 0.25) is 0 Å². The van der Waals surface area contributed by atoms with Gasteiger partial charge in [0.05, 0.1) is 11.5 Å². The molecule has 1 aliphatic rings. The van der Waals surface area contributed by atoms with Crippen LogP contribution < -0.4 is 0 Å². The zero-order valence-corrected chi connectivity index (χ0v) is 9.60. The minimum atomic E-state index is -0.783. The summed E-state index contributed by atoms with van der Waals surface area (Å²) >= 11 is 0. The highest BCUT2D eigenvalue weighted by Crippen LogP contribution is 2.41. The number of carbonyl (C=O) groups is 1. The number of carboxylic acids is 1. The second-order valence-electron chi connectivity index (χ2n) is 4.66. The van der Waals surface area contributed by atoms with Gasteiger partial charge in [0.25, 0.3) is 0 Å². The molecule has 17 heavy (non-hydrogen) atoms. The molecule has 0 spiro atoms. The Morgan fingerprint density at radius 1 is 1.29 bits per heavy atom. The zero-order valence-electron chi connectivity index (χ0n) is 9.60. The quantitative estimate of drug-likeness (QED) is 0.848. The first-order valence-corrected chi connectivity index (χ1v) is 5.87. The highest BCUT2D eigenvalue weighted by molar-refractivity contribution is 5.81. The monoisotopic (exact) mass is 229 g/mol. The van der Waals surface area contributed by atoms with Gasteiger partial charge in [0, 0.05) is 5.92 Å². The summed E-state index contributed by atoms with van der Waals surface area (Å²) in [5.74, 6) is -0.744. The zero-order chi connectivity index (χ0) is 12.3. The summed E-state index contributed by atoms with van der Waals surface area (Å²) in [7, 11) is 0. The summed E-state index contributed by atoms with van der Waals surface area (Å²) < 4.78 is 0. The Bertz CT molecular complexity index is 439. The van der Waals surface area contributed by atoms with E-state index >= 15 is 0 Å². The van der Waals surface area contributed by atoms with Crippen molar-refractivity contribution in [2.45, 2.75) is 31.1 Å². The van der Waals surface area contributed by atoms with Crippen LogP contribution in [0, 0.1) is 17.2 Å². The normalized spacial score (nSPS) is 28.3. The number of hydrogen-bond acceptors (Lipinski definition) is 2. The molecule has 0 unspecified atom stereocenters. The van der Waals surface area contributed by atoms with Crippen molar-refractivity contribution in [3.05, 3.63) is 35.9 Å². The van der Waals surface area contributed by atoms with Gasteiger partial charge in [-0.2, -0.15) is 5.26 Å². The van der Waals surface area contributed by atoms with E-state index in [9.17, 15) is 9.90 Å². The Morgan fingerprint density at radius 2 is 1.88 bits per heavy atom. The van der Waals surface area contributed by atoms with E-state index in [2.05, 4.69) is 6.07 Å². The number of nitriles is 1. The van der Waals surface area contributed by atoms with Crippen molar-refractivity contribution in [3.8, 4) is 6.07 Å². The topological polar surface area (TPSA) is 61.1 Å². The third-order valence-corrected chi connectivity index (χ3v) is 3.76. The lowest BCUT2D eigenvalue weighted by Crippen LogP contribution is -2.39. The Labute approximate surface area is 101 Å². The first-order chi connectivity index (χ1) is 8.19. The summed E-state index contributed by atoms with van der Waals surface area (Å²) in [6.45, 7) is 0. The summed E-state index contributed by atoms with van der Waals surface area (Å²) in [5, 5.41) is 18.4. The van der Waals surface area contributed by atoms with Crippen LogP contribution in [-0.4, -0.2) is 11.1 Å². The summed E-state index contributed by atoms with van der Waals surface area (Å²) in [6, 6.07) is 11.6. The molecule has 1 aromatic rings. The highest BCUT2D eigenvalue weighted by atomic mass is 16.4. The van der Waals surface area contributed by atoms with E-state index in [1.807, 2.05) is 30.3 Å². The summed E-state index contributed by atoms with van der Waals surface area (Å²) in [6.07, 6.45) is 2.48. The van der Waals surface area contributed by atoms with E-state index in [1.165, 1.54) is 0 Å². The number of nitrogens with zero attached hydrogens (tertiary/aromatic N) is 1. The van der Waals surface area contributed by atoms with Crippen molar-refractivity contribution in [2.24, 2.45) is 5.92 Å². The molecule has 0 saturated heterocycles. The van der Waals surface area contributed by atoms with Gasteiger partial charge in [-0.15, -0.1) is 0 Å². The molecule has 0 aromatic heterocycles. The van der Waals surface area contributed by atoms with Gasteiger partial charge in [0.1, 0.15) is 0 Å². The number of carboxylic acid groups (broad SMARTS) is 1. The van der Waals surface area contributed by atoms with Crippen LogP contribution >= 0.6 is 0 Å². The smallest absolute Gasteiger partial charge is 0.314 e. The molecule has 1 saturated carbocycles. The minimum Gasteiger partial charge on any atom is -0.481 e. The van der Waals surface area contributed by atoms with Crippen molar-refractivity contribution in [3.63, 3.8) is 0 Å². The van der Waals surface area contributed by atoms with Crippen LogP contribution in [0.4, 0.5) is 0 Å². The van der Waals surface area contributed by atoms with Crippen LogP contribution in [0.25, 0.3) is 0 Å². The molecule has 3 heteroatoms. The second-order valence-corrected chi connectivity index (χ2v) is 4.66. The lowest BCUT2D eigenvalue weighted by molar-refractivity contribution is -0.145. The average molecular weight is 229 g/mol. The fourth-order valence-corrected chi connectivity index (χ4v) is 2.62. The molecule has 1 aliphatic carbocycles. The van der Waals surface area contributed by atoms with Crippen LogP contribution in [0.15, 0.2) is 30.3 Å². The summed E-state index contributed by atoms with van der Waals surface area (Å²) in [4.78, 5) is 11.6. The third kappa shape index (κ3) is 2.03. The van der Waals surface area contributed by atoms with Crippen molar-refractivity contribution in [1.29, 1.82) is 5.26 Å². The Morgan fingerprint density at radius 3 is 2.35 bits per heavy atom. The maximum atomic E-state index is 11.6. The molecule has 3 nitrogen and oxygen atoms in total.